The molecule has 1 aliphatic heterocycles. The Hall–Kier alpha value is -0.0800. The fraction of sp³-hybridized carbons (Fsp3) is 1.00. The molecular formula is C12H23NO. The average molecular weight is 197 g/mol. The van der Waals surface area contributed by atoms with Crippen LogP contribution in [0.2, 0.25) is 0 Å². The minimum atomic E-state index is -0.352. The van der Waals surface area contributed by atoms with Crippen LogP contribution in [0.4, 0.5) is 0 Å². The quantitative estimate of drug-likeness (QED) is 0.710. The predicted octanol–water partition coefficient (Wildman–Crippen LogP) is 2.07. The van der Waals surface area contributed by atoms with Gasteiger partial charge >= 0.3 is 0 Å². The molecule has 2 heteroatoms. The van der Waals surface area contributed by atoms with E-state index in [0.29, 0.717) is 12.0 Å². The Bertz CT molecular complexity index is 189. The first-order valence-corrected chi connectivity index (χ1v) is 6.22. The topological polar surface area (TPSA) is 32.3 Å². The molecule has 2 fully saturated rings. The van der Waals surface area contributed by atoms with Gasteiger partial charge in [0.05, 0.1) is 5.60 Å². The number of aliphatic hydroxyl groups is 1. The molecule has 2 aliphatic rings. The van der Waals surface area contributed by atoms with E-state index >= 15 is 0 Å². The van der Waals surface area contributed by atoms with Crippen molar-refractivity contribution in [2.45, 2.75) is 63.5 Å². The number of hydrogen-bond acceptors (Lipinski definition) is 2. The second kappa shape index (κ2) is 4.19. The van der Waals surface area contributed by atoms with Crippen molar-refractivity contribution in [3.8, 4) is 0 Å². The first-order valence-electron chi connectivity index (χ1n) is 6.22. The van der Waals surface area contributed by atoms with Gasteiger partial charge in [-0.1, -0.05) is 19.8 Å². The summed E-state index contributed by atoms with van der Waals surface area (Å²) in [6.45, 7) is 3.28. The van der Waals surface area contributed by atoms with E-state index in [9.17, 15) is 5.11 Å². The van der Waals surface area contributed by atoms with E-state index in [0.717, 1.165) is 19.4 Å². The lowest BCUT2D eigenvalue weighted by molar-refractivity contribution is -0.0188. The standard InChI is InChI=1S/C12H23NO/c1-2-12(14)8-5-6-10(12)11-7-3-4-9-13-11/h10-11,13-14H,2-9H2,1H3. The number of rotatable bonds is 2. The van der Waals surface area contributed by atoms with Crippen LogP contribution >= 0.6 is 0 Å². The van der Waals surface area contributed by atoms with Crippen LogP contribution in [-0.4, -0.2) is 23.3 Å². The maximum absolute atomic E-state index is 10.5. The van der Waals surface area contributed by atoms with Gasteiger partial charge in [0.2, 0.25) is 0 Å². The Balaban J connectivity index is 2.01. The lowest BCUT2D eigenvalue weighted by Gasteiger charge is -2.37. The van der Waals surface area contributed by atoms with Crippen molar-refractivity contribution < 1.29 is 5.11 Å². The minimum Gasteiger partial charge on any atom is -0.390 e. The predicted molar refractivity (Wildman–Crippen MR) is 58.2 cm³/mol. The second-order valence-electron chi connectivity index (χ2n) is 5.01. The normalized spacial score (nSPS) is 44.1. The molecule has 2 N–H and O–H groups in total. The maximum Gasteiger partial charge on any atom is 0.0688 e. The lowest BCUT2D eigenvalue weighted by Crippen LogP contribution is -2.48. The summed E-state index contributed by atoms with van der Waals surface area (Å²) in [5.41, 5.74) is -0.352. The van der Waals surface area contributed by atoms with Crippen LogP contribution < -0.4 is 5.32 Å². The monoisotopic (exact) mass is 197 g/mol. The SMILES string of the molecule is CCC1(O)CCCC1C1CCCCN1. The molecule has 2 nitrogen and oxygen atoms in total. The van der Waals surface area contributed by atoms with Gasteiger partial charge in [-0.2, -0.15) is 0 Å². The third kappa shape index (κ3) is 1.82. The second-order valence-corrected chi connectivity index (χ2v) is 5.01. The summed E-state index contributed by atoms with van der Waals surface area (Å²) in [5, 5.41) is 14.1. The molecule has 0 aromatic rings. The molecule has 0 amide bonds. The van der Waals surface area contributed by atoms with Crippen LogP contribution in [0.5, 0.6) is 0 Å². The van der Waals surface area contributed by atoms with Gasteiger partial charge in [0.1, 0.15) is 0 Å². The summed E-state index contributed by atoms with van der Waals surface area (Å²) < 4.78 is 0. The van der Waals surface area contributed by atoms with Crippen molar-refractivity contribution in [1.29, 1.82) is 0 Å². The molecule has 0 spiro atoms. The Morgan fingerprint density at radius 3 is 2.79 bits per heavy atom. The third-order valence-electron chi connectivity index (χ3n) is 4.26. The zero-order chi connectivity index (χ0) is 10.0. The summed E-state index contributed by atoms with van der Waals surface area (Å²) in [7, 11) is 0. The molecule has 82 valence electrons. The molecular weight excluding hydrogens is 174 g/mol. The molecule has 0 aromatic heterocycles. The Kier molecular flexibility index (Phi) is 3.13. The fourth-order valence-electron chi connectivity index (χ4n) is 3.32. The van der Waals surface area contributed by atoms with E-state index in [4.69, 9.17) is 0 Å². The van der Waals surface area contributed by atoms with Gasteiger partial charge < -0.3 is 10.4 Å². The smallest absolute Gasteiger partial charge is 0.0688 e. The minimum absolute atomic E-state index is 0.352. The fourth-order valence-corrected chi connectivity index (χ4v) is 3.32. The highest BCUT2D eigenvalue weighted by molar-refractivity contribution is 4.97. The zero-order valence-electron chi connectivity index (χ0n) is 9.26. The Morgan fingerprint density at radius 2 is 2.14 bits per heavy atom. The molecule has 0 aromatic carbocycles. The highest BCUT2D eigenvalue weighted by Gasteiger charge is 2.43. The summed E-state index contributed by atoms with van der Waals surface area (Å²) in [5.74, 6) is 0.521. The lowest BCUT2D eigenvalue weighted by atomic mass is 9.80. The first-order chi connectivity index (χ1) is 6.76. The van der Waals surface area contributed by atoms with E-state index in [2.05, 4.69) is 12.2 Å². The van der Waals surface area contributed by atoms with Crippen LogP contribution in [0.15, 0.2) is 0 Å². The molecule has 3 atom stereocenters. The van der Waals surface area contributed by atoms with E-state index in [-0.39, 0.29) is 5.60 Å². The van der Waals surface area contributed by atoms with Gasteiger partial charge in [-0.05, 0) is 38.6 Å². The third-order valence-corrected chi connectivity index (χ3v) is 4.26. The highest BCUT2D eigenvalue weighted by Crippen LogP contribution is 2.41. The highest BCUT2D eigenvalue weighted by atomic mass is 16.3. The van der Waals surface area contributed by atoms with E-state index in [1.54, 1.807) is 0 Å². The van der Waals surface area contributed by atoms with Gasteiger partial charge in [-0.3, -0.25) is 0 Å². The van der Waals surface area contributed by atoms with E-state index in [1.165, 1.54) is 32.1 Å². The number of nitrogens with one attached hydrogen (secondary N) is 1. The molecule has 1 heterocycles. The van der Waals surface area contributed by atoms with Crippen molar-refractivity contribution in [2.24, 2.45) is 5.92 Å². The summed E-state index contributed by atoms with van der Waals surface area (Å²) in [4.78, 5) is 0. The molecule has 0 radical (unpaired) electrons. The molecule has 2 rings (SSSR count). The number of piperidine rings is 1. The zero-order valence-corrected chi connectivity index (χ0v) is 9.26. The Morgan fingerprint density at radius 1 is 1.29 bits per heavy atom. The average Bonchev–Trinajstić information content (AvgIpc) is 2.63. The first kappa shape index (κ1) is 10.4. The molecule has 3 unspecified atom stereocenters. The summed E-state index contributed by atoms with van der Waals surface area (Å²) in [6.07, 6.45) is 8.31. The maximum atomic E-state index is 10.5. The van der Waals surface area contributed by atoms with Gasteiger partial charge in [0.25, 0.3) is 0 Å². The Labute approximate surface area is 87.1 Å². The van der Waals surface area contributed by atoms with Gasteiger partial charge in [-0.25, -0.2) is 0 Å². The van der Waals surface area contributed by atoms with E-state index in [1.807, 2.05) is 0 Å². The van der Waals surface area contributed by atoms with Gasteiger partial charge in [-0.15, -0.1) is 0 Å². The van der Waals surface area contributed by atoms with E-state index < -0.39 is 0 Å². The molecule has 1 saturated carbocycles. The van der Waals surface area contributed by atoms with Crippen molar-refractivity contribution in [3.63, 3.8) is 0 Å². The van der Waals surface area contributed by atoms with Crippen molar-refractivity contribution in [1.82, 2.24) is 5.32 Å². The van der Waals surface area contributed by atoms with Crippen molar-refractivity contribution >= 4 is 0 Å². The van der Waals surface area contributed by atoms with Gasteiger partial charge in [0, 0.05) is 12.0 Å². The van der Waals surface area contributed by atoms with Crippen LogP contribution in [0, 0.1) is 5.92 Å². The summed E-state index contributed by atoms with van der Waals surface area (Å²) in [6, 6.07) is 0.594. The molecule has 1 saturated heterocycles. The molecule has 14 heavy (non-hydrogen) atoms. The molecule has 0 bridgehead atoms. The van der Waals surface area contributed by atoms with Crippen LogP contribution in [0.25, 0.3) is 0 Å². The van der Waals surface area contributed by atoms with Crippen LogP contribution in [0.1, 0.15) is 51.9 Å². The van der Waals surface area contributed by atoms with Crippen LogP contribution in [0.3, 0.4) is 0 Å². The van der Waals surface area contributed by atoms with Crippen molar-refractivity contribution in [3.05, 3.63) is 0 Å². The van der Waals surface area contributed by atoms with Crippen LogP contribution in [-0.2, 0) is 0 Å². The largest absolute Gasteiger partial charge is 0.390 e. The number of hydrogen-bond donors (Lipinski definition) is 2. The molecule has 1 aliphatic carbocycles. The van der Waals surface area contributed by atoms with Gasteiger partial charge in [0.15, 0.2) is 0 Å². The van der Waals surface area contributed by atoms with Crippen molar-refractivity contribution in [2.75, 3.05) is 6.54 Å². The summed E-state index contributed by atoms with van der Waals surface area (Å²) >= 11 is 0.